The van der Waals surface area contributed by atoms with Crippen LogP contribution in [0, 0.1) is 0 Å². The second kappa shape index (κ2) is 19.8. The molecule has 0 saturated heterocycles. The molecule has 4 aromatic heterocycles. The lowest BCUT2D eigenvalue weighted by Crippen LogP contribution is -2.20. The zero-order chi connectivity index (χ0) is 56.1. The molecule has 1 atom stereocenters. The monoisotopic (exact) mass is 1050 g/mol. The first kappa shape index (κ1) is 58.2. The van der Waals surface area contributed by atoms with Gasteiger partial charge < -0.3 is 18.2 Å². The van der Waals surface area contributed by atoms with Crippen molar-refractivity contribution in [2.45, 2.75) is 209 Å². The van der Waals surface area contributed by atoms with Crippen molar-refractivity contribution in [2.75, 3.05) is 0 Å². The maximum atomic E-state index is 10.9. The van der Waals surface area contributed by atoms with Crippen molar-refractivity contribution in [3.63, 3.8) is 0 Å². The van der Waals surface area contributed by atoms with Gasteiger partial charge in [-0.2, -0.15) is 4.31 Å². The van der Waals surface area contributed by atoms with Crippen molar-refractivity contribution in [3.05, 3.63) is 142 Å². The SMILES string of the molecule is CC(C)(C)c1ccc(-c2c(-c3ccc(C(C)(C)C)cc3C(C)(C)C)c3c(-c4ccc(C(C)(C)C)cc4C(C)(C)C)c(-c4ccc(C(C)(C)C)cc4C(C)(C)C)c2op(OP(O)O)oc2ccc3cc2)c(C(C)(C)C)c1. The van der Waals surface area contributed by atoms with Gasteiger partial charge in [-0.05, 0) is 133 Å². The van der Waals surface area contributed by atoms with E-state index in [2.05, 4.69) is 251 Å². The molecule has 7 heteroatoms. The van der Waals surface area contributed by atoms with Crippen LogP contribution >= 0.6 is 16.8 Å². The fourth-order valence-electron chi connectivity index (χ4n) is 10.5. The first-order valence-corrected chi connectivity index (χ1v) is 29.3. The summed E-state index contributed by atoms with van der Waals surface area (Å²) in [6, 6.07) is 36.6. The number of hydrogen-bond acceptors (Lipinski definition) is 5. The second-order valence-corrected chi connectivity index (χ2v) is 31.5. The average molecular weight is 1050 g/mol. The van der Waals surface area contributed by atoms with Crippen LogP contribution in [-0.4, -0.2) is 9.79 Å². The quantitative estimate of drug-likeness (QED) is 0.162. The van der Waals surface area contributed by atoms with Gasteiger partial charge in [-0.3, -0.25) is 0 Å². The summed E-state index contributed by atoms with van der Waals surface area (Å²) in [5.41, 5.74) is 17.1. The lowest BCUT2D eigenvalue weighted by molar-refractivity contribution is 0.395. The van der Waals surface area contributed by atoms with Crippen LogP contribution in [0.25, 0.3) is 66.4 Å². The zero-order valence-corrected chi connectivity index (χ0v) is 52.0. The molecule has 0 radical (unpaired) electrons. The number of rotatable bonds is 6. The van der Waals surface area contributed by atoms with Crippen molar-refractivity contribution in [2.24, 2.45) is 0 Å². The largest absolute Gasteiger partial charge is 0.399 e. The van der Waals surface area contributed by atoms with Gasteiger partial charge in [0.05, 0.1) is 0 Å². The molecule has 0 saturated carbocycles. The van der Waals surface area contributed by atoms with Gasteiger partial charge in [-0.15, -0.1) is 0 Å². The molecule has 0 aliphatic heterocycles. The molecule has 10 aromatic rings. The van der Waals surface area contributed by atoms with Crippen molar-refractivity contribution in [1.29, 1.82) is 0 Å². The van der Waals surface area contributed by atoms with Crippen molar-refractivity contribution in [3.8, 4) is 44.5 Å². The number of benzene rings is 6. The summed E-state index contributed by atoms with van der Waals surface area (Å²) >= 11 is 0. The van der Waals surface area contributed by atoms with Crippen LogP contribution in [0.4, 0.5) is 0 Å². The van der Waals surface area contributed by atoms with E-state index in [-0.39, 0.29) is 43.3 Å². The van der Waals surface area contributed by atoms with Crippen LogP contribution in [-0.2, 0) is 43.3 Å². The minimum atomic E-state index is -2.93. The molecule has 2 N–H and O–H groups in total. The third-order valence-corrected chi connectivity index (χ3v) is 16.7. The molecule has 4 heterocycles. The Bertz CT molecular complexity index is 3130. The van der Waals surface area contributed by atoms with Gasteiger partial charge in [-0.1, -0.05) is 251 Å². The van der Waals surface area contributed by atoms with Crippen molar-refractivity contribution in [1.82, 2.24) is 0 Å². The first-order valence-electron chi connectivity index (χ1n) is 27.1. The van der Waals surface area contributed by atoms with Crippen molar-refractivity contribution >= 4 is 38.8 Å². The Morgan fingerprint density at radius 3 is 0.880 bits per heavy atom. The Labute approximate surface area is 454 Å². The molecule has 4 bridgehead atoms. The molecular weight excluding hydrogens is 959 g/mol. The molecule has 75 heavy (non-hydrogen) atoms. The highest BCUT2D eigenvalue weighted by Gasteiger charge is 2.37. The van der Waals surface area contributed by atoms with Crippen LogP contribution < -0.4 is 4.31 Å². The molecule has 402 valence electrons. The Balaban J connectivity index is 2.06. The molecule has 5 nitrogen and oxygen atoms in total. The minimum absolute atomic E-state index is 0.124. The highest BCUT2D eigenvalue weighted by molar-refractivity contribution is 7.50. The standard InChI is InChI=1S/C68H90O5P2/c1-61(2,3)42-27-33-47(51(37-42)65(13,14)15)56-55-41-25-31-46(32-26-41)71-75(73-74(69)70)72-60(58(56)49-35-29-44(63(7,8)9)39-53(49)67(19,20)21)59(50-36-30-45(64(10,11)12)40-54(50)68(22,23)24)57(55)48-34-28-43(62(4,5)6)38-52(48)66(16,17)18/h25-40,69-70H,1-24H3. The maximum absolute atomic E-state index is 10.9. The molecular formula is C68H90O5P2. The Morgan fingerprint density at radius 1 is 0.347 bits per heavy atom. The van der Waals surface area contributed by atoms with Gasteiger partial charge in [0.15, 0.2) is 5.58 Å². The van der Waals surface area contributed by atoms with Gasteiger partial charge in [-0.25, -0.2) is 0 Å². The van der Waals surface area contributed by atoms with Gasteiger partial charge >= 0.3 is 16.8 Å². The van der Waals surface area contributed by atoms with Gasteiger partial charge in [0.25, 0.3) is 0 Å². The normalized spacial score (nSPS) is 13.9. The summed E-state index contributed by atoms with van der Waals surface area (Å²) < 4.78 is 20.6. The van der Waals surface area contributed by atoms with Gasteiger partial charge in [0.2, 0.25) is 0 Å². The predicted octanol–water partition coefficient (Wildman–Crippen LogP) is 21.0. The van der Waals surface area contributed by atoms with Crippen LogP contribution in [0.2, 0.25) is 0 Å². The van der Waals surface area contributed by atoms with E-state index in [0.717, 1.165) is 55.3 Å². The first-order chi connectivity index (χ1) is 34.1. The Kier molecular flexibility index (Phi) is 15.3. The molecule has 0 fully saturated rings. The van der Waals surface area contributed by atoms with E-state index in [4.69, 9.17) is 12.7 Å². The van der Waals surface area contributed by atoms with Crippen LogP contribution in [0.5, 0.6) is 0 Å². The summed E-state index contributed by atoms with van der Waals surface area (Å²) in [6.45, 7) is 55.2. The minimum Gasteiger partial charge on any atom is -0.399 e. The van der Waals surface area contributed by atoms with Crippen molar-refractivity contribution < 1.29 is 22.5 Å². The zero-order valence-electron chi connectivity index (χ0n) is 50.3. The molecule has 10 rings (SSSR count). The second-order valence-electron chi connectivity index (χ2n) is 29.5. The summed E-state index contributed by atoms with van der Waals surface area (Å²) in [5.74, 6) is 0. The van der Waals surface area contributed by atoms with E-state index in [9.17, 15) is 9.79 Å². The molecule has 0 aliphatic rings. The van der Waals surface area contributed by atoms with E-state index in [0.29, 0.717) is 11.2 Å². The fourth-order valence-corrected chi connectivity index (χ4v) is 11.9. The highest BCUT2D eigenvalue weighted by Crippen LogP contribution is 2.58. The molecule has 1 unspecified atom stereocenters. The predicted molar refractivity (Wildman–Crippen MR) is 326 cm³/mol. The lowest BCUT2D eigenvalue weighted by Gasteiger charge is -2.34. The molecule has 6 aromatic carbocycles. The van der Waals surface area contributed by atoms with Crippen LogP contribution in [0.3, 0.4) is 0 Å². The van der Waals surface area contributed by atoms with E-state index in [1.54, 1.807) is 0 Å². The average Bonchev–Trinajstić information content (AvgIpc) is 3.31. The smallest absolute Gasteiger partial charge is 0.394 e. The summed E-state index contributed by atoms with van der Waals surface area (Å²) in [5, 5.41) is 2.10. The lowest BCUT2D eigenvalue weighted by atomic mass is 9.69. The van der Waals surface area contributed by atoms with E-state index in [1.165, 1.54) is 44.5 Å². The van der Waals surface area contributed by atoms with Gasteiger partial charge in [0, 0.05) is 22.3 Å². The third-order valence-electron chi connectivity index (χ3n) is 14.9. The van der Waals surface area contributed by atoms with Crippen LogP contribution in [0.1, 0.15) is 211 Å². The molecule has 0 amide bonds. The maximum Gasteiger partial charge on any atom is 0.394 e. The van der Waals surface area contributed by atoms with Crippen LogP contribution in [0.15, 0.2) is 105 Å². The van der Waals surface area contributed by atoms with Gasteiger partial charge in [0.1, 0.15) is 5.58 Å². The summed E-state index contributed by atoms with van der Waals surface area (Å²) in [7, 11) is -5.44. The van der Waals surface area contributed by atoms with E-state index in [1.807, 2.05) is 12.1 Å². The van der Waals surface area contributed by atoms with E-state index >= 15 is 0 Å². The third kappa shape index (κ3) is 12.2. The number of hydrogen-bond donors (Lipinski definition) is 2. The highest BCUT2D eigenvalue weighted by atomic mass is 31.2. The fraction of sp³-hybridized carbons (Fsp3) is 0.471. The molecule has 0 aliphatic carbocycles. The summed E-state index contributed by atoms with van der Waals surface area (Å²) in [4.78, 5) is 21.9. The topological polar surface area (TPSA) is 76.0 Å². The Morgan fingerprint density at radius 2 is 0.627 bits per heavy atom. The summed E-state index contributed by atoms with van der Waals surface area (Å²) in [6.07, 6.45) is 0. The van der Waals surface area contributed by atoms with E-state index < -0.39 is 16.8 Å². The Hall–Kier alpha value is -4.47. The molecule has 0 spiro atoms.